The van der Waals surface area contributed by atoms with Crippen molar-refractivity contribution < 1.29 is 32.2 Å². The van der Waals surface area contributed by atoms with Crippen molar-refractivity contribution in [3.8, 4) is 23.0 Å². The highest BCUT2D eigenvalue weighted by Crippen LogP contribution is 2.33. The van der Waals surface area contributed by atoms with Crippen molar-refractivity contribution in [3.63, 3.8) is 0 Å². The zero-order chi connectivity index (χ0) is 27.2. The topological polar surface area (TPSA) is 94.6 Å². The van der Waals surface area contributed by atoms with Crippen LogP contribution in [-0.2, 0) is 21.4 Å². The van der Waals surface area contributed by atoms with E-state index in [0.29, 0.717) is 22.3 Å². The molecule has 0 atom stereocenters. The van der Waals surface area contributed by atoms with Crippen molar-refractivity contribution in [3.05, 3.63) is 71.2 Å². The van der Waals surface area contributed by atoms with Gasteiger partial charge in [-0.2, -0.15) is 0 Å². The van der Waals surface area contributed by atoms with Gasteiger partial charge in [-0.1, -0.05) is 17.7 Å². The Kier molecular flexibility index (Phi) is 9.12. The third-order valence-corrected chi connectivity index (χ3v) is 7.65. The maximum Gasteiger partial charge on any atom is 0.264 e. The van der Waals surface area contributed by atoms with Crippen LogP contribution in [0.4, 0.5) is 5.69 Å². The van der Waals surface area contributed by atoms with Gasteiger partial charge in [0.2, 0.25) is 5.91 Å². The van der Waals surface area contributed by atoms with Crippen molar-refractivity contribution in [1.82, 2.24) is 4.90 Å². The Morgan fingerprint density at radius 1 is 0.784 bits per heavy atom. The quantitative estimate of drug-likeness (QED) is 0.354. The van der Waals surface area contributed by atoms with E-state index in [-0.39, 0.29) is 22.9 Å². The molecule has 0 fully saturated rings. The van der Waals surface area contributed by atoms with E-state index in [9.17, 15) is 13.2 Å². The van der Waals surface area contributed by atoms with Crippen LogP contribution in [-0.4, -0.2) is 61.3 Å². The minimum Gasteiger partial charge on any atom is -0.493 e. The van der Waals surface area contributed by atoms with E-state index in [0.717, 1.165) is 9.87 Å². The first-order chi connectivity index (χ1) is 17.6. The Labute approximate surface area is 222 Å². The third-order valence-electron chi connectivity index (χ3n) is 5.63. The lowest BCUT2D eigenvalue weighted by molar-refractivity contribution is -0.128. The lowest BCUT2D eigenvalue weighted by atomic mass is 10.2. The van der Waals surface area contributed by atoms with Crippen LogP contribution < -0.4 is 23.3 Å². The van der Waals surface area contributed by atoms with Crippen LogP contribution in [0.15, 0.2) is 65.6 Å². The molecule has 11 heteroatoms. The summed E-state index contributed by atoms with van der Waals surface area (Å²) >= 11 is 6.02. The Hall–Kier alpha value is -3.63. The van der Waals surface area contributed by atoms with Crippen LogP contribution in [0.5, 0.6) is 23.0 Å². The van der Waals surface area contributed by atoms with Crippen molar-refractivity contribution in [1.29, 1.82) is 0 Å². The average molecular weight is 549 g/mol. The van der Waals surface area contributed by atoms with Gasteiger partial charge < -0.3 is 23.8 Å². The van der Waals surface area contributed by atoms with Gasteiger partial charge in [0.1, 0.15) is 6.54 Å². The zero-order valence-electron chi connectivity index (χ0n) is 21.2. The number of carbonyl (C=O) groups is 1. The second-order valence-electron chi connectivity index (χ2n) is 7.94. The SMILES string of the molecule is COc1ccc(CN(C)C(=O)CN(c2ccc(Cl)cc2)S(=O)(=O)c2ccc(OC)c(OC)c2)cc1OC. The predicted molar refractivity (Wildman–Crippen MR) is 142 cm³/mol. The summed E-state index contributed by atoms with van der Waals surface area (Å²) in [6.07, 6.45) is 0. The molecule has 0 spiro atoms. The van der Waals surface area contributed by atoms with Crippen LogP contribution in [0.3, 0.4) is 0 Å². The maximum absolute atomic E-state index is 13.8. The fourth-order valence-electron chi connectivity index (χ4n) is 3.61. The van der Waals surface area contributed by atoms with Crippen LogP contribution >= 0.6 is 11.6 Å². The Bertz CT molecular complexity index is 1350. The molecule has 3 aromatic carbocycles. The molecule has 0 aliphatic carbocycles. The van der Waals surface area contributed by atoms with E-state index in [2.05, 4.69) is 0 Å². The first-order valence-electron chi connectivity index (χ1n) is 11.1. The number of likely N-dealkylation sites (N-methyl/N-ethyl adjacent to an activating group) is 1. The summed E-state index contributed by atoms with van der Waals surface area (Å²) < 4.78 is 49.6. The largest absolute Gasteiger partial charge is 0.493 e. The molecular weight excluding hydrogens is 520 g/mol. The molecule has 1 amide bonds. The summed E-state index contributed by atoms with van der Waals surface area (Å²) in [5.74, 6) is 1.30. The minimum atomic E-state index is -4.18. The second-order valence-corrected chi connectivity index (χ2v) is 10.2. The summed E-state index contributed by atoms with van der Waals surface area (Å²) in [6.45, 7) is -0.216. The highest BCUT2D eigenvalue weighted by Gasteiger charge is 2.29. The molecule has 3 rings (SSSR count). The number of rotatable bonds is 11. The van der Waals surface area contributed by atoms with Crippen molar-refractivity contribution >= 4 is 33.2 Å². The normalized spacial score (nSPS) is 11.0. The predicted octanol–water partition coefficient (Wildman–Crippen LogP) is 4.23. The van der Waals surface area contributed by atoms with E-state index in [1.807, 2.05) is 6.07 Å². The molecule has 9 nitrogen and oxygen atoms in total. The molecule has 37 heavy (non-hydrogen) atoms. The number of ether oxygens (including phenoxy) is 4. The number of anilines is 1. The summed E-state index contributed by atoms with van der Waals surface area (Å²) in [5, 5.41) is 0.434. The molecule has 0 aliphatic rings. The smallest absolute Gasteiger partial charge is 0.264 e. The number of halogens is 1. The first kappa shape index (κ1) is 27.9. The van der Waals surface area contributed by atoms with Gasteiger partial charge >= 0.3 is 0 Å². The van der Waals surface area contributed by atoms with E-state index in [4.69, 9.17) is 30.5 Å². The molecule has 0 unspecified atom stereocenters. The van der Waals surface area contributed by atoms with Crippen LogP contribution in [0.25, 0.3) is 0 Å². The average Bonchev–Trinajstić information content (AvgIpc) is 2.91. The number of carbonyl (C=O) groups excluding carboxylic acids is 1. The van der Waals surface area contributed by atoms with Gasteiger partial charge in [0, 0.05) is 24.7 Å². The Morgan fingerprint density at radius 2 is 1.32 bits per heavy atom. The number of nitrogens with zero attached hydrogens (tertiary/aromatic N) is 2. The first-order valence-corrected chi connectivity index (χ1v) is 12.9. The maximum atomic E-state index is 13.8. The molecule has 0 bridgehead atoms. The number of hydrogen-bond donors (Lipinski definition) is 0. The molecule has 0 saturated carbocycles. The molecule has 0 N–H and O–H groups in total. The van der Waals surface area contributed by atoms with E-state index in [1.165, 1.54) is 51.5 Å². The molecule has 0 heterocycles. The third kappa shape index (κ3) is 6.39. The number of amides is 1. The number of sulfonamides is 1. The summed E-state index contributed by atoms with van der Waals surface area (Å²) in [7, 11) is 3.36. The van der Waals surface area contributed by atoms with Gasteiger partial charge in [-0.15, -0.1) is 0 Å². The molecule has 3 aromatic rings. The second kappa shape index (κ2) is 12.1. The monoisotopic (exact) mass is 548 g/mol. The number of hydrogen-bond acceptors (Lipinski definition) is 7. The molecule has 0 saturated heterocycles. The zero-order valence-corrected chi connectivity index (χ0v) is 22.8. The lowest BCUT2D eigenvalue weighted by Crippen LogP contribution is -2.41. The Balaban J connectivity index is 1.93. The summed E-state index contributed by atoms with van der Waals surface area (Å²) in [4.78, 5) is 14.6. The minimum absolute atomic E-state index is 0.0598. The molecular formula is C26H29ClN2O7S. The van der Waals surface area contributed by atoms with Gasteiger partial charge in [0.15, 0.2) is 23.0 Å². The highest BCUT2D eigenvalue weighted by atomic mass is 35.5. The molecule has 198 valence electrons. The molecule has 0 radical (unpaired) electrons. The summed E-state index contributed by atoms with van der Waals surface area (Å²) in [6, 6.07) is 15.8. The standard InChI is InChI=1S/C26H29ClN2O7S/c1-28(16-18-6-12-22(33-2)24(14-18)35-4)26(30)17-29(20-9-7-19(27)8-10-20)37(31,32)21-11-13-23(34-3)25(15-21)36-5/h6-15H,16-17H2,1-5H3. The van der Waals surface area contributed by atoms with Gasteiger partial charge in [0.25, 0.3) is 10.0 Å². The van der Waals surface area contributed by atoms with E-state index in [1.54, 1.807) is 43.4 Å². The fourth-order valence-corrected chi connectivity index (χ4v) is 5.17. The number of benzene rings is 3. The molecule has 0 aromatic heterocycles. The van der Waals surface area contributed by atoms with Crippen LogP contribution in [0.1, 0.15) is 5.56 Å². The van der Waals surface area contributed by atoms with Gasteiger partial charge in [-0.3, -0.25) is 9.10 Å². The van der Waals surface area contributed by atoms with Crippen LogP contribution in [0, 0.1) is 0 Å². The van der Waals surface area contributed by atoms with Gasteiger partial charge in [-0.05, 0) is 54.1 Å². The van der Waals surface area contributed by atoms with Crippen molar-refractivity contribution in [2.45, 2.75) is 11.4 Å². The van der Waals surface area contributed by atoms with Gasteiger partial charge in [0.05, 0.1) is 39.0 Å². The number of methoxy groups -OCH3 is 4. The van der Waals surface area contributed by atoms with Gasteiger partial charge in [-0.25, -0.2) is 8.42 Å². The van der Waals surface area contributed by atoms with E-state index >= 15 is 0 Å². The Morgan fingerprint density at radius 3 is 1.89 bits per heavy atom. The fraction of sp³-hybridized carbons (Fsp3) is 0.269. The van der Waals surface area contributed by atoms with Crippen LogP contribution in [0.2, 0.25) is 5.02 Å². The molecule has 0 aliphatic heterocycles. The highest BCUT2D eigenvalue weighted by molar-refractivity contribution is 7.92. The van der Waals surface area contributed by atoms with Crippen molar-refractivity contribution in [2.75, 3.05) is 46.3 Å². The lowest BCUT2D eigenvalue weighted by Gasteiger charge is -2.27. The van der Waals surface area contributed by atoms with E-state index < -0.39 is 22.5 Å². The summed E-state index contributed by atoms with van der Waals surface area (Å²) in [5.41, 5.74) is 1.07. The van der Waals surface area contributed by atoms with Crippen molar-refractivity contribution in [2.24, 2.45) is 0 Å².